The van der Waals surface area contributed by atoms with Crippen LogP contribution < -0.4 is 11.1 Å². The highest BCUT2D eigenvalue weighted by molar-refractivity contribution is 5.94. The highest BCUT2D eigenvalue weighted by Crippen LogP contribution is 2.29. The molecule has 39 heavy (non-hydrogen) atoms. The zero-order chi connectivity index (χ0) is 27.5. The molecule has 1 unspecified atom stereocenters. The summed E-state index contributed by atoms with van der Waals surface area (Å²) in [6.45, 7) is 2.59. The van der Waals surface area contributed by atoms with Crippen molar-refractivity contribution < 1.29 is 4.79 Å². The zero-order valence-corrected chi connectivity index (χ0v) is 23.4. The van der Waals surface area contributed by atoms with Crippen molar-refractivity contribution in [1.82, 2.24) is 9.80 Å². The number of carbonyl (C=O) groups excluding carboxylic acids is 1. The van der Waals surface area contributed by atoms with Gasteiger partial charge in [0.1, 0.15) is 0 Å². The molecule has 206 valence electrons. The molecule has 0 aromatic heterocycles. The quantitative estimate of drug-likeness (QED) is 0.243. The second-order valence-electron chi connectivity index (χ2n) is 10.8. The lowest BCUT2D eigenvalue weighted by molar-refractivity contribution is -0.118. The molecule has 1 saturated carbocycles. The number of aliphatic imine (C=N–C) groups is 1. The number of nitrogens with one attached hydrogen (secondary N) is 1. The molecule has 0 heterocycles. The molecule has 1 fully saturated rings. The van der Waals surface area contributed by atoms with Crippen molar-refractivity contribution in [3.05, 3.63) is 102 Å². The van der Waals surface area contributed by atoms with Gasteiger partial charge in [0.15, 0.2) is 5.96 Å². The van der Waals surface area contributed by atoms with Crippen molar-refractivity contribution in [3.8, 4) is 0 Å². The molecule has 4 rings (SSSR count). The third kappa shape index (κ3) is 8.96. The van der Waals surface area contributed by atoms with Gasteiger partial charge in [-0.25, -0.2) is 4.99 Å². The molecule has 6 nitrogen and oxygen atoms in total. The van der Waals surface area contributed by atoms with Gasteiger partial charge in [-0.05, 0) is 55.8 Å². The molecule has 3 aromatic carbocycles. The van der Waals surface area contributed by atoms with Crippen molar-refractivity contribution in [2.24, 2.45) is 10.7 Å². The minimum atomic E-state index is -0.301. The molecule has 3 aromatic rings. The van der Waals surface area contributed by atoms with Crippen LogP contribution in [0.5, 0.6) is 0 Å². The fraction of sp³-hybridized carbons (Fsp3) is 0.394. The van der Waals surface area contributed by atoms with E-state index in [0.717, 1.165) is 55.2 Å². The van der Waals surface area contributed by atoms with E-state index >= 15 is 0 Å². The normalized spacial score (nSPS) is 15.2. The molecule has 1 aliphatic rings. The van der Waals surface area contributed by atoms with E-state index in [1.165, 1.54) is 24.8 Å². The standard InChI is InChI=1S/C33H43N5O/c1-37(2)22-23-38(25-26-12-6-3-7-13-26)33(35-29-16-10-5-11-17-29)36-30-20-18-28(19-21-30)31(24-32(34)39)27-14-8-4-9-15-27/h3-4,6-9,12-15,18-21,29,31H,5,10-11,16-17,22-25H2,1-2H3,(H2,34,39)(H,35,36). The number of nitrogens with two attached hydrogens (primary N) is 1. The van der Waals surface area contributed by atoms with Gasteiger partial charge in [0.05, 0.1) is 6.04 Å². The molecule has 1 atom stereocenters. The summed E-state index contributed by atoms with van der Waals surface area (Å²) in [6, 6.07) is 29.4. The first-order chi connectivity index (χ1) is 19.0. The van der Waals surface area contributed by atoms with E-state index in [1.54, 1.807) is 0 Å². The second kappa shape index (κ2) is 14.5. The Bertz CT molecular complexity index is 1170. The van der Waals surface area contributed by atoms with Gasteiger partial charge in [-0.3, -0.25) is 4.79 Å². The third-order valence-electron chi connectivity index (χ3n) is 7.39. The predicted octanol–water partition coefficient (Wildman–Crippen LogP) is 5.86. The molecule has 1 amide bonds. The van der Waals surface area contributed by atoms with Crippen LogP contribution in [0.2, 0.25) is 0 Å². The van der Waals surface area contributed by atoms with Crippen LogP contribution in [0, 0.1) is 0 Å². The fourth-order valence-electron chi connectivity index (χ4n) is 5.20. The van der Waals surface area contributed by atoms with E-state index < -0.39 is 0 Å². The number of primary amides is 1. The maximum Gasteiger partial charge on any atom is 0.218 e. The van der Waals surface area contributed by atoms with Crippen molar-refractivity contribution in [1.29, 1.82) is 0 Å². The number of carbonyl (C=O) groups is 1. The summed E-state index contributed by atoms with van der Waals surface area (Å²) in [5, 5.41) is 3.68. The van der Waals surface area contributed by atoms with Crippen molar-refractivity contribution in [2.45, 2.75) is 57.0 Å². The Morgan fingerprint density at radius 2 is 1.49 bits per heavy atom. The lowest BCUT2D eigenvalue weighted by Crippen LogP contribution is -2.41. The van der Waals surface area contributed by atoms with Gasteiger partial charge >= 0.3 is 0 Å². The van der Waals surface area contributed by atoms with E-state index in [9.17, 15) is 4.79 Å². The molecule has 0 aliphatic heterocycles. The van der Waals surface area contributed by atoms with Crippen LogP contribution in [0.15, 0.2) is 89.9 Å². The lowest BCUT2D eigenvalue weighted by atomic mass is 9.88. The van der Waals surface area contributed by atoms with Crippen molar-refractivity contribution >= 4 is 17.6 Å². The van der Waals surface area contributed by atoms with Crippen LogP contribution in [0.25, 0.3) is 0 Å². The van der Waals surface area contributed by atoms with Crippen LogP contribution in [0.1, 0.15) is 61.1 Å². The number of benzene rings is 3. The van der Waals surface area contributed by atoms with Gasteiger partial charge in [-0.15, -0.1) is 0 Å². The number of hydrogen-bond donors (Lipinski definition) is 2. The van der Waals surface area contributed by atoms with Crippen molar-refractivity contribution in [2.75, 3.05) is 32.5 Å². The number of rotatable bonds is 11. The third-order valence-corrected chi connectivity index (χ3v) is 7.39. The maximum atomic E-state index is 11.9. The van der Waals surface area contributed by atoms with E-state index in [4.69, 9.17) is 10.7 Å². The Morgan fingerprint density at radius 1 is 0.872 bits per heavy atom. The van der Waals surface area contributed by atoms with Gasteiger partial charge in [-0.2, -0.15) is 0 Å². The largest absolute Gasteiger partial charge is 0.370 e. The van der Waals surface area contributed by atoms with Gasteiger partial charge in [0.2, 0.25) is 5.91 Å². The first kappa shape index (κ1) is 28.4. The Kier molecular flexibility index (Phi) is 10.5. The molecular weight excluding hydrogens is 482 g/mol. The molecule has 0 bridgehead atoms. The molecule has 0 radical (unpaired) electrons. The van der Waals surface area contributed by atoms with Crippen molar-refractivity contribution in [3.63, 3.8) is 0 Å². The highest BCUT2D eigenvalue weighted by Gasteiger charge is 2.20. The lowest BCUT2D eigenvalue weighted by Gasteiger charge is -2.30. The molecule has 0 saturated heterocycles. The smallest absolute Gasteiger partial charge is 0.218 e. The van der Waals surface area contributed by atoms with Crippen LogP contribution >= 0.6 is 0 Å². The average Bonchev–Trinajstić information content (AvgIpc) is 2.95. The van der Waals surface area contributed by atoms with Gasteiger partial charge in [-0.1, -0.05) is 92.1 Å². The monoisotopic (exact) mass is 525 g/mol. The topological polar surface area (TPSA) is 74.0 Å². The number of hydrogen-bond acceptors (Lipinski definition) is 3. The number of amides is 1. The summed E-state index contributed by atoms with van der Waals surface area (Å²) in [6.07, 6.45) is 6.35. The zero-order valence-electron chi connectivity index (χ0n) is 23.4. The minimum absolute atomic E-state index is 0.0669. The number of nitrogens with zero attached hydrogens (tertiary/aromatic N) is 3. The number of anilines is 1. The van der Waals surface area contributed by atoms with Crippen LogP contribution in [0.3, 0.4) is 0 Å². The average molecular weight is 526 g/mol. The van der Waals surface area contributed by atoms with E-state index in [1.807, 2.05) is 18.2 Å². The van der Waals surface area contributed by atoms with Crippen LogP contribution in [-0.4, -0.2) is 54.9 Å². The molecule has 0 spiro atoms. The van der Waals surface area contributed by atoms with E-state index in [-0.39, 0.29) is 18.2 Å². The highest BCUT2D eigenvalue weighted by atomic mass is 16.1. The summed E-state index contributed by atoms with van der Waals surface area (Å²) >= 11 is 0. The summed E-state index contributed by atoms with van der Waals surface area (Å²) in [4.78, 5) is 21.8. The first-order valence-corrected chi connectivity index (χ1v) is 14.2. The Morgan fingerprint density at radius 3 is 2.10 bits per heavy atom. The van der Waals surface area contributed by atoms with Crippen LogP contribution in [0.4, 0.5) is 5.69 Å². The van der Waals surface area contributed by atoms with E-state index in [2.05, 4.69) is 95.9 Å². The predicted molar refractivity (Wildman–Crippen MR) is 162 cm³/mol. The second-order valence-corrected chi connectivity index (χ2v) is 10.8. The maximum absolute atomic E-state index is 11.9. The SMILES string of the molecule is CN(C)CCN(Cc1ccccc1)/C(=N\C1CCCCC1)Nc1ccc(C(CC(N)=O)c2ccccc2)cc1. The Balaban J connectivity index is 1.60. The molecule has 1 aliphatic carbocycles. The first-order valence-electron chi connectivity index (χ1n) is 14.2. The van der Waals surface area contributed by atoms with Gasteiger partial charge < -0.3 is 20.9 Å². The number of likely N-dealkylation sites (N-methyl/N-ethyl adjacent to an activating group) is 1. The van der Waals surface area contributed by atoms with Gasteiger partial charge in [0.25, 0.3) is 0 Å². The van der Waals surface area contributed by atoms with Crippen LogP contribution in [-0.2, 0) is 11.3 Å². The molecule has 6 heteroatoms. The summed E-state index contributed by atoms with van der Waals surface area (Å²) < 4.78 is 0. The summed E-state index contributed by atoms with van der Waals surface area (Å²) in [7, 11) is 4.22. The minimum Gasteiger partial charge on any atom is -0.370 e. The fourth-order valence-corrected chi connectivity index (χ4v) is 5.20. The summed E-state index contributed by atoms with van der Waals surface area (Å²) in [5.41, 5.74) is 10.0. The summed E-state index contributed by atoms with van der Waals surface area (Å²) in [5.74, 6) is 0.560. The molecular formula is C33H43N5O. The molecule has 3 N–H and O–H groups in total. The van der Waals surface area contributed by atoms with Gasteiger partial charge in [0, 0.05) is 37.7 Å². The van der Waals surface area contributed by atoms with E-state index in [0.29, 0.717) is 6.04 Å². The number of guanidine groups is 1. The Labute approximate surface area is 233 Å². The Hall–Kier alpha value is -3.64.